The number of hydrogen-bond donors (Lipinski definition) is 1. The number of nitrogens with zero attached hydrogens (tertiary/aromatic N) is 1. The van der Waals surface area contributed by atoms with E-state index in [1.165, 1.54) is 23.5 Å². The van der Waals surface area contributed by atoms with E-state index in [-0.39, 0.29) is 11.9 Å². The summed E-state index contributed by atoms with van der Waals surface area (Å²) in [4.78, 5) is 13.0. The predicted molar refractivity (Wildman–Crippen MR) is 113 cm³/mol. The standard InChI is InChI=1S/C23H19F3N2OS/c1-15(17-5-3-2-4-6-17)27-22(29)20-13-21-19(11-12-30-21)28(20)14-16-7-9-18(10-8-16)23(24,25)26/h2-13,15H,14H2,1H3,(H,27,29)/t15-/m0/s1. The summed E-state index contributed by atoms with van der Waals surface area (Å²) in [5.41, 5.74) is 2.37. The first-order valence-electron chi connectivity index (χ1n) is 9.41. The van der Waals surface area contributed by atoms with Gasteiger partial charge in [0.2, 0.25) is 0 Å². The second-order valence-corrected chi connectivity index (χ2v) is 8.03. The van der Waals surface area contributed by atoms with Crippen molar-refractivity contribution < 1.29 is 18.0 Å². The van der Waals surface area contributed by atoms with Gasteiger partial charge in [-0.1, -0.05) is 42.5 Å². The molecule has 3 nitrogen and oxygen atoms in total. The highest BCUT2D eigenvalue weighted by molar-refractivity contribution is 7.17. The van der Waals surface area contributed by atoms with Gasteiger partial charge in [0.15, 0.2) is 0 Å². The first kappa shape index (κ1) is 20.2. The lowest BCUT2D eigenvalue weighted by Crippen LogP contribution is -2.28. The van der Waals surface area contributed by atoms with Crippen molar-refractivity contribution >= 4 is 27.5 Å². The molecule has 2 aromatic heterocycles. The molecule has 7 heteroatoms. The lowest BCUT2D eigenvalue weighted by Gasteiger charge is -2.16. The summed E-state index contributed by atoms with van der Waals surface area (Å²) in [6, 6.07) is 18.3. The van der Waals surface area contributed by atoms with Gasteiger partial charge in [-0.3, -0.25) is 4.79 Å². The molecule has 1 amide bonds. The van der Waals surface area contributed by atoms with Crippen LogP contribution in [-0.2, 0) is 12.7 Å². The molecular weight excluding hydrogens is 409 g/mol. The number of thiophene rings is 1. The molecule has 4 aromatic rings. The fourth-order valence-corrected chi connectivity index (χ4v) is 4.24. The molecule has 0 aliphatic rings. The monoisotopic (exact) mass is 428 g/mol. The summed E-state index contributed by atoms with van der Waals surface area (Å²) >= 11 is 1.52. The highest BCUT2D eigenvalue weighted by atomic mass is 32.1. The molecule has 0 aliphatic carbocycles. The number of halogens is 3. The van der Waals surface area contributed by atoms with E-state index in [1.807, 2.05) is 59.3 Å². The molecule has 4 rings (SSSR count). The molecule has 0 saturated carbocycles. The Labute approximate surface area is 175 Å². The highest BCUT2D eigenvalue weighted by Crippen LogP contribution is 2.30. The summed E-state index contributed by atoms with van der Waals surface area (Å²) in [7, 11) is 0. The Morgan fingerprint density at radius 3 is 2.43 bits per heavy atom. The van der Waals surface area contributed by atoms with Gasteiger partial charge in [-0.25, -0.2) is 0 Å². The molecule has 0 aliphatic heterocycles. The summed E-state index contributed by atoms with van der Waals surface area (Å²) in [5, 5.41) is 4.95. The molecule has 1 atom stereocenters. The lowest BCUT2D eigenvalue weighted by molar-refractivity contribution is -0.137. The van der Waals surface area contributed by atoms with Crippen LogP contribution in [-0.4, -0.2) is 10.5 Å². The average molecular weight is 428 g/mol. The number of carbonyl (C=O) groups excluding carboxylic acids is 1. The van der Waals surface area contributed by atoms with Crippen LogP contribution in [0.4, 0.5) is 13.2 Å². The summed E-state index contributed by atoms with van der Waals surface area (Å²) in [6.07, 6.45) is -4.37. The quantitative estimate of drug-likeness (QED) is 0.400. The van der Waals surface area contributed by atoms with E-state index in [1.54, 1.807) is 0 Å². The predicted octanol–water partition coefficient (Wildman–Crippen LogP) is 6.26. The van der Waals surface area contributed by atoms with Crippen molar-refractivity contribution in [2.45, 2.75) is 25.7 Å². The maximum Gasteiger partial charge on any atom is 0.416 e. The van der Waals surface area contributed by atoms with Crippen LogP contribution in [0, 0.1) is 0 Å². The smallest absolute Gasteiger partial charge is 0.344 e. The van der Waals surface area contributed by atoms with E-state index in [9.17, 15) is 18.0 Å². The highest BCUT2D eigenvalue weighted by Gasteiger charge is 2.30. The van der Waals surface area contributed by atoms with Gasteiger partial charge in [0, 0.05) is 6.54 Å². The van der Waals surface area contributed by atoms with Gasteiger partial charge >= 0.3 is 6.18 Å². The Hall–Kier alpha value is -3.06. The molecule has 0 bridgehead atoms. The maximum atomic E-state index is 13.0. The number of nitrogens with one attached hydrogen (secondary N) is 1. The number of hydrogen-bond acceptors (Lipinski definition) is 2. The Morgan fingerprint density at radius 1 is 1.07 bits per heavy atom. The van der Waals surface area contributed by atoms with Gasteiger partial charge < -0.3 is 9.88 Å². The largest absolute Gasteiger partial charge is 0.416 e. The van der Waals surface area contributed by atoms with Gasteiger partial charge in [-0.2, -0.15) is 13.2 Å². The van der Waals surface area contributed by atoms with Crippen LogP contribution in [0.2, 0.25) is 0 Å². The average Bonchev–Trinajstić information content (AvgIpc) is 3.31. The third-order valence-corrected chi connectivity index (χ3v) is 5.88. The molecule has 154 valence electrons. The molecule has 1 N–H and O–H groups in total. The SMILES string of the molecule is C[C@H](NC(=O)c1cc2sccc2n1Cc1ccc(C(F)(F)F)cc1)c1ccccc1. The summed E-state index contributed by atoms with van der Waals surface area (Å²) in [6.45, 7) is 2.22. The number of amides is 1. The van der Waals surface area contributed by atoms with Crippen molar-refractivity contribution in [2.75, 3.05) is 0 Å². The summed E-state index contributed by atoms with van der Waals surface area (Å²) < 4.78 is 41.3. The number of alkyl halides is 3. The van der Waals surface area contributed by atoms with E-state index in [0.29, 0.717) is 17.8 Å². The zero-order valence-electron chi connectivity index (χ0n) is 16.1. The molecular formula is C23H19F3N2OS. The fraction of sp³-hybridized carbons (Fsp3) is 0.174. The Bertz CT molecular complexity index is 1160. The second kappa shape index (κ2) is 7.99. The van der Waals surface area contributed by atoms with E-state index in [4.69, 9.17) is 0 Å². The number of aromatic nitrogens is 1. The van der Waals surface area contributed by atoms with E-state index in [2.05, 4.69) is 5.32 Å². The normalized spacial score (nSPS) is 12.8. The van der Waals surface area contributed by atoms with Crippen LogP contribution in [0.15, 0.2) is 72.1 Å². The van der Waals surface area contributed by atoms with Crippen LogP contribution >= 0.6 is 11.3 Å². The first-order chi connectivity index (χ1) is 14.3. The van der Waals surface area contributed by atoms with Gasteiger partial charge in [0.25, 0.3) is 5.91 Å². The second-order valence-electron chi connectivity index (χ2n) is 7.09. The van der Waals surface area contributed by atoms with Crippen molar-refractivity contribution in [3.63, 3.8) is 0 Å². The Kier molecular flexibility index (Phi) is 5.39. The lowest BCUT2D eigenvalue weighted by atomic mass is 10.1. The minimum absolute atomic E-state index is 0.175. The van der Waals surface area contributed by atoms with Crippen LogP contribution in [0.1, 0.15) is 40.1 Å². The number of carbonyl (C=O) groups is 1. The first-order valence-corrected chi connectivity index (χ1v) is 10.3. The van der Waals surface area contributed by atoms with Crippen LogP contribution in [0.25, 0.3) is 10.2 Å². The molecule has 0 saturated heterocycles. The van der Waals surface area contributed by atoms with E-state index < -0.39 is 11.7 Å². The molecule has 0 spiro atoms. The minimum Gasteiger partial charge on any atom is -0.344 e. The van der Waals surface area contributed by atoms with Crippen molar-refractivity contribution in [3.05, 3.63) is 94.5 Å². The molecule has 0 radical (unpaired) electrons. The van der Waals surface area contributed by atoms with Gasteiger partial charge in [-0.15, -0.1) is 11.3 Å². The maximum absolute atomic E-state index is 13.0. The topological polar surface area (TPSA) is 34.0 Å². The number of fused-ring (bicyclic) bond motifs is 1. The third kappa shape index (κ3) is 4.11. The van der Waals surface area contributed by atoms with Crippen molar-refractivity contribution in [1.29, 1.82) is 0 Å². The third-order valence-electron chi connectivity index (χ3n) is 5.02. The van der Waals surface area contributed by atoms with E-state index >= 15 is 0 Å². The summed E-state index contributed by atoms with van der Waals surface area (Å²) in [5.74, 6) is -0.221. The zero-order valence-corrected chi connectivity index (χ0v) is 16.9. The van der Waals surface area contributed by atoms with Crippen molar-refractivity contribution in [3.8, 4) is 0 Å². The molecule has 2 heterocycles. The van der Waals surface area contributed by atoms with Crippen molar-refractivity contribution in [2.24, 2.45) is 0 Å². The van der Waals surface area contributed by atoms with Gasteiger partial charge in [0.1, 0.15) is 5.69 Å². The fourth-order valence-electron chi connectivity index (χ4n) is 3.41. The van der Waals surface area contributed by atoms with Gasteiger partial charge in [-0.05, 0) is 47.7 Å². The Balaban J connectivity index is 1.61. The van der Waals surface area contributed by atoms with Gasteiger partial charge in [0.05, 0.1) is 21.8 Å². The minimum atomic E-state index is -4.37. The molecule has 30 heavy (non-hydrogen) atoms. The molecule has 0 unspecified atom stereocenters. The van der Waals surface area contributed by atoms with E-state index in [0.717, 1.165) is 27.9 Å². The molecule has 0 fully saturated rings. The number of benzene rings is 2. The van der Waals surface area contributed by atoms with Crippen LogP contribution < -0.4 is 5.32 Å². The number of rotatable bonds is 5. The van der Waals surface area contributed by atoms with Crippen LogP contribution in [0.5, 0.6) is 0 Å². The zero-order chi connectivity index (χ0) is 21.3. The Morgan fingerprint density at radius 2 is 1.77 bits per heavy atom. The van der Waals surface area contributed by atoms with Crippen molar-refractivity contribution in [1.82, 2.24) is 9.88 Å². The molecule has 2 aromatic carbocycles. The van der Waals surface area contributed by atoms with Crippen LogP contribution in [0.3, 0.4) is 0 Å².